The van der Waals surface area contributed by atoms with Crippen molar-refractivity contribution in [2.75, 3.05) is 0 Å². The third kappa shape index (κ3) is 4.99. The first-order chi connectivity index (χ1) is 18.4. The van der Waals surface area contributed by atoms with Crippen LogP contribution < -0.4 is 15.6 Å². The maximum absolute atomic E-state index is 15.3. The smallest absolute Gasteiger partial charge is 0.297 e. The minimum absolute atomic E-state index is 0.0314. The van der Waals surface area contributed by atoms with Crippen molar-refractivity contribution in [3.05, 3.63) is 129 Å². The van der Waals surface area contributed by atoms with Crippen LogP contribution in [0.5, 0.6) is 0 Å². The van der Waals surface area contributed by atoms with E-state index in [4.69, 9.17) is 4.43 Å². The van der Waals surface area contributed by atoms with E-state index in [-0.39, 0.29) is 42.0 Å². The fourth-order valence-corrected chi connectivity index (χ4v) is 7.97. The second-order valence-corrected chi connectivity index (χ2v) is 11.4. The molecule has 0 saturated heterocycles. The molecule has 202 valence electrons. The van der Waals surface area contributed by atoms with Crippen LogP contribution in [0.4, 0.5) is 45.2 Å². The quantitative estimate of drug-likeness (QED) is 0.0779. The molecule has 39 heavy (non-hydrogen) atoms. The highest BCUT2D eigenvalue weighted by Crippen LogP contribution is 2.24. The summed E-state index contributed by atoms with van der Waals surface area (Å²) in [5.74, 6) is -15.7. The van der Waals surface area contributed by atoms with E-state index in [1.54, 1.807) is 0 Å². The average molecular weight is 573 g/mol. The zero-order chi connectivity index (χ0) is 28.6. The zero-order valence-electron chi connectivity index (χ0n) is 19.1. The fraction of sp³-hybridized carbons (Fsp3) is 0.0400. The molecule has 14 heteroatoms. The molecule has 0 aromatic heterocycles. The van der Waals surface area contributed by atoms with Gasteiger partial charge in [0.25, 0.3) is 14.0 Å². The molecule has 0 aliphatic rings. The van der Waals surface area contributed by atoms with Crippen LogP contribution in [0.15, 0.2) is 60.7 Å². The summed E-state index contributed by atoms with van der Waals surface area (Å²) in [6.07, 6.45) is 0. The van der Waals surface area contributed by atoms with Gasteiger partial charge in [0.05, 0.1) is 17.1 Å². The molecule has 0 spiro atoms. The van der Waals surface area contributed by atoms with Crippen molar-refractivity contribution < 1.29 is 48.9 Å². The first-order valence-electron chi connectivity index (χ1n) is 10.7. The Kier molecular flexibility index (Phi) is 7.52. The highest BCUT2D eigenvalue weighted by atomic mass is 28.4. The number of hydrogen-bond acceptors (Lipinski definition) is 3. The number of rotatable bonds is 7. The maximum Gasteiger partial charge on any atom is 0.297 e. The lowest BCUT2D eigenvalue weighted by Crippen LogP contribution is -2.72. The van der Waals surface area contributed by atoms with E-state index in [1.807, 2.05) is 0 Å². The first-order valence-corrected chi connectivity index (χ1v) is 12.6. The number of nitro groups is 1. The van der Waals surface area contributed by atoms with Gasteiger partial charge in [0.1, 0.15) is 17.5 Å². The Hall–Kier alpha value is -4.17. The lowest BCUT2D eigenvalue weighted by Gasteiger charge is -2.34. The normalized spacial score (nSPS) is 11.6. The van der Waals surface area contributed by atoms with Crippen LogP contribution in [-0.4, -0.2) is 13.2 Å². The fourth-order valence-electron chi connectivity index (χ4n) is 4.04. The van der Waals surface area contributed by atoms with E-state index in [0.717, 1.165) is 12.1 Å². The second kappa shape index (κ2) is 10.5. The van der Waals surface area contributed by atoms with Crippen molar-refractivity contribution >= 4 is 29.6 Å². The molecule has 0 aliphatic heterocycles. The van der Waals surface area contributed by atoms with Gasteiger partial charge < -0.3 is 4.43 Å². The number of nitrogens with zero attached hydrogens (tertiary/aromatic N) is 1. The van der Waals surface area contributed by atoms with Crippen LogP contribution in [-0.2, 0) is 11.0 Å². The molecule has 0 heterocycles. The van der Waals surface area contributed by atoms with Crippen molar-refractivity contribution in [2.45, 2.75) is 6.61 Å². The Morgan fingerprint density at radius 1 is 0.590 bits per heavy atom. The predicted molar refractivity (Wildman–Crippen MR) is 121 cm³/mol. The van der Waals surface area contributed by atoms with E-state index < -0.39 is 93.5 Å². The van der Waals surface area contributed by atoms with Gasteiger partial charge in [-0.1, -0.05) is 12.1 Å². The molecule has 0 saturated carbocycles. The largest absolute Gasteiger partial charge is 0.399 e. The van der Waals surface area contributed by atoms with E-state index in [9.17, 15) is 36.5 Å². The summed E-state index contributed by atoms with van der Waals surface area (Å²) in [7, 11) is -5.53. The van der Waals surface area contributed by atoms with Crippen molar-refractivity contribution in [2.24, 2.45) is 0 Å². The summed E-state index contributed by atoms with van der Waals surface area (Å²) < 4.78 is 137. The summed E-state index contributed by atoms with van der Waals surface area (Å²) >= 11 is 0. The molecular formula is C25H12F9NO3Si. The topological polar surface area (TPSA) is 52.4 Å². The summed E-state index contributed by atoms with van der Waals surface area (Å²) in [5.41, 5.74) is -0.879. The number of nitro benzene ring substituents is 1. The van der Waals surface area contributed by atoms with E-state index in [0.29, 0.717) is 0 Å². The van der Waals surface area contributed by atoms with E-state index in [2.05, 4.69) is 0 Å². The Morgan fingerprint density at radius 2 is 0.949 bits per heavy atom. The van der Waals surface area contributed by atoms with Crippen LogP contribution in [0.3, 0.4) is 0 Å². The molecule has 0 radical (unpaired) electrons. The van der Waals surface area contributed by atoms with Gasteiger partial charge in [-0.3, -0.25) is 10.1 Å². The van der Waals surface area contributed by atoms with Crippen LogP contribution in [0, 0.1) is 62.5 Å². The van der Waals surface area contributed by atoms with Gasteiger partial charge in [0, 0.05) is 39.8 Å². The van der Waals surface area contributed by atoms with Gasteiger partial charge in [-0.25, -0.2) is 39.5 Å². The first kappa shape index (κ1) is 27.9. The Bertz CT molecular complexity index is 1480. The molecular weight excluding hydrogens is 561 g/mol. The average Bonchev–Trinajstić information content (AvgIpc) is 2.87. The Morgan fingerprint density at radius 3 is 1.33 bits per heavy atom. The lowest BCUT2D eigenvalue weighted by atomic mass is 10.2. The molecule has 0 aliphatic carbocycles. The molecule has 0 atom stereocenters. The number of hydrogen-bond donors (Lipinski definition) is 0. The molecule has 0 N–H and O–H groups in total. The molecule has 4 rings (SSSR count). The van der Waals surface area contributed by atoms with Crippen LogP contribution in [0.2, 0.25) is 0 Å². The lowest BCUT2D eigenvalue weighted by molar-refractivity contribution is -0.385. The van der Waals surface area contributed by atoms with Gasteiger partial charge in [0.15, 0.2) is 34.9 Å². The van der Waals surface area contributed by atoms with Gasteiger partial charge in [-0.15, -0.1) is 0 Å². The number of benzene rings is 4. The molecule has 0 bridgehead atoms. The monoisotopic (exact) mass is 573 g/mol. The van der Waals surface area contributed by atoms with Crippen LogP contribution in [0.1, 0.15) is 5.56 Å². The number of halogens is 9. The molecule has 4 aromatic rings. The standard InChI is InChI=1S/C25H12F9NO3Si/c26-13-5-19(32)23(8-16(13)29)39(24-9-17(30)14(27)6-20(24)33,25-10-18(31)15(28)7-21(25)34)38-11-12-3-1-2-4-22(12)35(36)37/h1-10H,11H2. The van der Waals surface area contributed by atoms with Crippen molar-refractivity contribution in [1.82, 2.24) is 0 Å². The summed E-state index contributed by atoms with van der Waals surface area (Å²) in [4.78, 5) is 10.6. The SMILES string of the molecule is O=[N+]([O-])c1ccccc1CO[Si](c1cc(F)c(F)cc1F)(c1cc(F)c(F)cc1F)c1cc(F)c(F)cc1F. The van der Waals surface area contributed by atoms with Crippen molar-refractivity contribution in [1.29, 1.82) is 0 Å². The van der Waals surface area contributed by atoms with Crippen LogP contribution >= 0.6 is 0 Å². The zero-order valence-corrected chi connectivity index (χ0v) is 20.1. The molecule has 4 nitrogen and oxygen atoms in total. The Labute approximate surface area is 214 Å². The van der Waals surface area contributed by atoms with Gasteiger partial charge in [0.2, 0.25) is 0 Å². The minimum atomic E-state index is -5.53. The maximum atomic E-state index is 15.3. The molecule has 0 unspecified atom stereocenters. The van der Waals surface area contributed by atoms with Gasteiger partial charge in [-0.2, -0.15) is 0 Å². The molecule has 0 amide bonds. The Balaban J connectivity index is 2.15. The molecule has 0 fully saturated rings. The molecule has 4 aromatic carbocycles. The second-order valence-electron chi connectivity index (χ2n) is 8.09. The minimum Gasteiger partial charge on any atom is -0.399 e. The summed E-state index contributed by atoms with van der Waals surface area (Å²) in [5, 5.41) is 8.04. The van der Waals surface area contributed by atoms with Crippen molar-refractivity contribution in [3.8, 4) is 0 Å². The van der Waals surface area contributed by atoms with Crippen molar-refractivity contribution in [3.63, 3.8) is 0 Å². The summed E-state index contributed by atoms with van der Waals surface area (Å²) in [6.45, 7) is -1.00. The van der Waals surface area contributed by atoms with E-state index in [1.165, 1.54) is 12.1 Å². The summed E-state index contributed by atoms with van der Waals surface area (Å²) in [6, 6.07) is 4.96. The van der Waals surface area contributed by atoms with Gasteiger partial charge in [-0.05, 0) is 24.3 Å². The highest BCUT2D eigenvalue weighted by molar-refractivity contribution is 7.07. The van der Waals surface area contributed by atoms with E-state index >= 15 is 13.2 Å². The third-order valence-electron chi connectivity index (χ3n) is 5.80. The van der Waals surface area contributed by atoms with Gasteiger partial charge >= 0.3 is 0 Å². The number of para-hydroxylation sites is 1. The van der Waals surface area contributed by atoms with Crippen LogP contribution in [0.25, 0.3) is 0 Å². The predicted octanol–water partition coefficient (Wildman–Crippen LogP) is 5.03. The highest BCUT2D eigenvalue weighted by Gasteiger charge is 2.50. The third-order valence-corrected chi connectivity index (χ3v) is 9.80.